The van der Waals surface area contributed by atoms with Crippen LogP contribution in [0.1, 0.15) is 6.42 Å². The summed E-state index contributed by atoms with van der Waals surface area (Å²) in [6.07, 6.45) is 2.50. The van der Waals surface area contributed by atoms with Gasteiger partial charge in [-0.1, -0.05) is 30.3 Å². The molecule has 0 spiro atoms. The van der Waals surface area contributed by atoms with E-state index in [1.165, 1.54) is 4.90 Å². The van der Waals surface area contributed by atoms with Crippen molar-refractivity contribution in [3.05, 3.63) is 42.5 Å². The van der Waals surface area contributed by atoms with Crippen molar-refractivity contribution < 1.29 is 14.3 Å². The Kier molecular flexibility index (Phi) is 11.4. The van der Waals surface area contributed by atoms with Gasteiger partial charge in [0.05, 0.1) is 11.4 Å². The first kappa shape index (κ1) is 26.8. The molecule has 1 heterocycles. The van der Waals surface area contributed by atoms with Gasteiger partial charge < -0.3 is 26.0 Å². The van der Waals surface area contributed by atoms with Crippen molar-refractivity contribution in [2.45, 2.75) is 18.5 Å². The molecule has 10 heteroatoms. The van der Waals surface area contributed by atoms with Gasteiger partial charge in [-0.25, -0.2) is 4.98 Å². The van der Waals surface area contributed by atoms with Gasteiger partial charge in [-0.15, -0.1) is 0 Å². The molecule has 2 aromatic rings. The number of thiol groups is 1. The average Bonchev–Trinajstić information content (AvgIpc) is 2.83. The Morgan fingerprint density at radius 2 is 1.94 bits per heavy atom. The van der Waals surface area contributed by atoms with Crippen molar-refractivity contribution >= 4 is 41.9 Å². The van der Waals surface area contributed by atoms with Gasteiger partial charge in [0.15, 0.2) is 6.61 Å². The van der Waals surface area contributed by atoms with E-state index in [4.69, 9.17) is 10.5 Å². The molecule has 0 saturated carbocycles. The first-order valence-corrected chi connectivity index (χ1v) is 12.7. The van der Waals surface area contributed by atoms with Crippen molar-refractivity contribution in [1.29, 1.82) is 0 Å². The summed E-state index contributed by atoms with van der Waals surface area (Å²) in [7, 11) is 3.34. The van der Waals surface area contributed by atoms with Crippen LogP contribution in [0.15, 0.2) is 42.5 Å². The fourth-order valence-corrected chi connectivity index (χ4v) is 3.54. The monoisotopic (exact) mass is 491 g/mol. The van der Waals surface area contributed by atoms with E-state index in [0.29, 0.717) is 24.4 Å². The highest BCUT2D eigenvalue weighted by Crippen LogP contribution is 2.27. The molecule has 8 nitrogen and oxygen atoms in total. The molecule has 2 atom stereocenters. The smallest absolute Gasteiger partial charge is 0.258 e. The summed E-state index contributed by atoms with van der Waals surface area (Å²) in [5, 5.41) is 5.99. The number of rotatable bonds is 13. The van der Waals surface area contributed by atoms with Crippen LogP contribution < -0.4 is 21.1 Å². The second-order valence-electron chi connectivity index (χ2n) is 7.66. The first-order chi connectivity index (χ1) is 15.8. The van der Waals surface area contributed by atoms with Crippen molar-refractivity contribution in [3.8, 4) is 17.1 Å². The van der Waals surface area contributed by atoms with Gasteiger partial charge in [0.2, 0.25) is 11.8 Å². The Morgan fingerprint density at radius 1 is 1.21 bits per heavy atom. The van der Waals surface area contributed by atoms with Crippen LogP contribution in [0.2, 0.25) is 0 Å². The molecule has 33 heavy (non-hydrogen) atoms. The summed E-state index contributed by atoms with van der Waals surface area (Å²) in [4.78, 5) is 31.1. The zero-order chi connectivity index (χ0) is 24.2. The number of nitrogens with two attached hydrogens (primary N) is 1. The summed E-state index contributed by atoms with van der Waals surface area (Å²) in [5.41, 5.74) is 8.24. The predicted molar refractivity (Wildman–Crippen MR) is 139 cm³/mol. The highest BCUT2D eigenvalue weighted by molar-refractivity contribution is 7.98. The predicted octanol–water partition coefficient (Wildman–Crippen LogP) is 2.12. The third kappa shape index (κ3) is 8.79. The van der Waals surface area contributed by atoms with Crippen molar-refractivity contribution in [1.82, 2.24) is 15.2 Å². The molecule has 1 aromatic heterocycles. The number of ether oxygens (including phenoxy) is 1. The van der Waals surface area contributed by atoms with E-state index in [0.717, 1.165) is 17.0 Å². The van der Waals surface area contributed by atoms with Crippen LogP contribution in [0.5, 0.6) is 5.88 Å². The third-order valence-electron chi connectivity index (χ3n) is 4.74. The molecule has 0 bridgehead atoms. The lowest BCUT2D eigenvalue weighted by Gasteiger charge is -2.21. The van der Waals surface area contributed by atoms with E-state index >= 15 is 0 Å². The van der Waals surface area contributed by atoms with E-state index in [1.54, 1.807) is 25.9 Å². The van der Waals surface area contributed by atoms with Crippen LogP contribution in [0.4, 0.5) is 5.69 Å². The number of carbonyl (C=O) groups is 2. The molecule has 0 fully saturated rings. The molecule has 0 radical (unpaired) electrons. The number of likely N-dealkylation sites (N-methyl/N-ethyl adjacent to an activating group) is 1. The second-order valence-corrected chi connectivity index (χ2v) is 9.01. The maximum Gasteiger partial charge on any atom is 0.258 e. The quantitative estimate of drug-likeness (QED) is 0.318. The molecule has 2 amide bonds. The number of thioether (sulfide) groups is 1. The maximum absolute atomic E-state index is 12.6. The standard InChI is InChI=1S/C23H33N5O3S2/c1-28(2)23(30)20(11-12-33-3)26-21(29)14-31-22-19(25-13-17(24)15-32)10-9-18(27-22)16-7-5-4-6-8-16/h4-10,17,20,25,32H,11-15,24H2,1-3H3,(H,26,29)/t17?,20-/m0/s1. The van der Waals surface area contributed by atoms with Crippen LogP contribution in [0, 0.1) is 0 Å². The summed E-state index contributed by atoms with van der Waals surface area (Å²) >= 11 is 5.83. The number of amides is 2. The lowest BCUT2D eigenvalue weighted by molar-refractivity contribution is -0.135. The number of aromatic nitrogens is 1. The lowest BCUT2D eigenvalue weighted by Crippen LogP contribution is -2.48. The summed E-state index contributed by atoms with van der Waals surface area (Å²) in [6.45, 7) is 0.210. The minimum Gasteiger partial charge on any atom is -0.466 e. The zero-order valence-corrected chi connectivity index (χ0v) is 21.0. The SMILES string of the molecule is CSCC[C@H](NC(=O)COc1nc(-c2ccccc2)ccc1NCC(N)CS)C(=O)N(C)C. The van der Waals surface area contributed by atoms with Gasteiger partial charge in [-0.3, -0.25) is 9.59 Å². The highest BCUT2D eigenvalue weighted by atomic mass is 32.2. The summed E-state index contributed by atoms with van der Waals surface area (Å²) < 4.78 is 5.80. The highest BCUT2D eigenvalue weighted by Gasteiger charge is 2.22. The lowest BCUT2D eigenvalue weighted by atomic mass is 10.1. The molecular formula is C23H33N5O3S2. The summed E-state index contributed by atoms with van der Waals surface area (Å²) in [6, 6.07) is 12.7. The zero-order valence-electron chi connectivity index (χ0n) is 19.3. The van der Waals surface area contributed by atoms with Crippen molar-refractivity contribution in [2.75, 3.05) is 50.3 Å². The molecule has 0 aliphatic carbocycles. The molecule has 1 aromatic carbocycles. The Bertz CT molecular complexity index is 899. The van der Waals surface area contributed by atoms with Gasteiger partial charge in [0, 0.05) is 38.0 Å². The minimum absolute atomic E-state index is 0.146. The van der Waals surface area contributed by atoms with E-state index in [2.05, 4.69) is 28.2 Å². The van der Waals surface area contributed by atoms with E-state index in [-0.39, 0.29) is 30.3 Å². The van der Waals surface area contributed by atoms with Gasteiger partial charge >= 0.3 is 0 Å². The van der Waals surface area contributed by atoms with Gasteiger partial charge in [0.1, 0.15) is 6.04 Å². The maximum atomic E-state index is 12.6. The van der Waals surface area contributed by atoms with Crippen LogP contribution >= 0.6 is 24.4 Å². The Balaban J connectivity index is 2.14. The molecule has 1 unspecified atom stereocenters. The van der Waals surface area contributed by atoms with Crippen LogP contribution in [-0.4, -0.2) is 78.8 Å². The van der Waals surface area contributed by atoms with Crippen LogP contribution in [0.3, 0.4) is 0 Å². The molecule has 4 N–H and O–H groups in total. The van der Waals surface area contributed by atoms with Gasteiger partial charge in [-0.05, 0) is 30.6 Å². The van der Waals surface area contributed by atoms with Crippen LogP contribution in [0.25, 0.3) is 11.3 Å². The largest absolute Gasteiger partial charge is 0.466 e. The van der Waals surface area contributed by atoms with Gasteiger partial charge in [0.25, 0.3) is 5.91 Å². The number of pyridine rings is 1. The minimum atomic E-state index is -0.599. The molecule has 0 aliphatic rings. The average molecular weight is 492 g/mol. The Morgan fingerprint density at radius 3 is 2.58 bits per heavy atom. The molecule has 0 saturated heterocycles. The fourth-order valence-electron chi connectivity index (χ4n) is 2.93. The first-order valence-electron chi connectivity index (χ1n) is 10.6. The molecular weight excluding hydrogens is 458 g/mol. The van der Waals surface area contributed by atoms with E-state index in [1.807, 2.05) is 48.7 Å². The van der Waals surface area contributed by atoms with E-state index in [9.17, 15) is 9.59 Å². The molecule has 180 valence electrons. The number of hydrogen-bond donors (Lipinski definition) is 4. The van der Waals surface area contributed by atoms with Crippen LogP contribution in [-0.2, 0) is 9.59 Å². The molecule has 0 aliphatic heterocycles. The Labute approximate surface area is 205 Å². The third-order valence-corrected chi connectivity index (χ3v) is 5.86. The number of anilines is 1. The second kappa shape index (κ2) is 14.0. The normalized spacial score (nSPS) is 12.5. The van der Waals surface area contributed by atoms with E-state index < -0.39 is 6.04 Å². The van der Waals surface area contributed by atoms with Crippen molar-refractivity contribution in [3.63, 3.8) is 0 Å². The number of nitrogens with zero attached hydrogens (tertiary/aromatic N) is 2. The Hall–Kier alpha value is -2.43. The van der Waals surface area contributed by atoms with Gasteiger partial charge in [-0.2, -0.15) is 24.4 Å². The number of nitrogens with one attached hydrogen (secondary N) is 2. The topological polar surface area (TPSA) is 110 Å². The van der Waals surface area contributed by atoms with Crippen molar-refractivity contribution in [2.24, 2.45) is 5.73 Å². The fraction of sp³-hybridized carbons (Fsp3) is 0.435. The number of carbonyl (C=O) groups excluding carboxylic acids is 2. The number of benzene rings is 1. The summed E-state index contributed by atoms with van der Waals surface area (Å²) in [5.74, 6) is 1.03. The molecule has 2 rings (SSSR count). The number of hydrogen-bond acceptors (Lipinski definition) is 8.